The molecular weight excluding hydrogens is 403 g/mol. The Labute approximate surface area is 178 Å². The molecule has 1 aliphatic rings. The highest BCUT2D eigenvalue weighted by atomic mass is 32.1. The number of hydrogen-bond acceptors (Lipinski definition) is 4. The first kappa shape index (κ1) is 20.5. The molecule has 1 aliphatic heterocycles. The van der Waals surface area contributed by atoms with Crippen LogP contribution in [0.4, 0.5) is 10.1 Å². The number of nitrogens with one attached hydrogen (secondary N) is 1. The van der Waals surface area contributed by atoms with E-state index in [0.717, 1.165) is 35.3 Å². The molecule has 0 aliphatic carbocycles. The second kappa shape index (κ2) is 8.93. The van der Waals surface area contributed by atoms with Crippen LogP contribution in [0.2, 0.25) is 0 Å². The monoisotopic (exact) mass is 426 g/mol. The van der Waals surface area contributed by atoms with Gasteiger partial charge in [0.2, 0.25) is 5.91 Å². The molecule has 7 heteroatoms. The number of methoxy groups -OCH3 is 1. The van der Waals surface area contributed by atoms with Gasteiger partial charge in [0.05, 0.1) is 11.5 Å². The number of piperidine rings is 1. The van der Waals surface area contributed by atoms with Crippen molar-refractivity contribution in [3.8, 4) is 0 Å². The van der Waals surface area contributed by atoms with Crippen molar-refractivity contribution in [2.75, 3.05) is 18.6 Å². The lowest BCUT2D eigenvalue weighted by Crippen LogP contribution is -2.35. The van der Waals surface area contributed by atoms with Crippen LogP contribution >= 0.6 is 11.3 Å². The number of carbonyl (C=O) groups is 2. The minimum atomic E-state index is -0.353. The SMILES string of the molecule is COCc1c(C(=O)NCc2cccc(N3CCCCC3=O)c2)sc2cccc(F)c12. The summed E-state index contributed by atoms with van der Waals surface area (Å²) in [5.74, 6) is -0.477. The molecule has 30 heavy (non-hydrogen) atoms. The number of fused-ring (bicyclic) bond motifs is 1. The highest BCUT2D eigenvalue weighted by molar-refractivity contribution is 7.21. The van der Waals surface area contributed by atoms with Crippen molar-refractivity contribution in [2.45, 2.75) is 32.4 Å². The van der Waals surface area contributed by atoms with E-state index >= 15 is 0 Å². The van der Waals surface area contributed by atoms with Gasteiger partial charge in [0, 0.05) is 48.0 Å². The maximum Gasteiger partial charge on any atom is 0.262 e. The predicted octanol–water partition coefficient (Wildman–Crippen LogP) is 4.63. The number of thiophene rings is 1. The third kappa shape index (κ3) is 4.08. The van der Waals surface area contributed by atoms with E-state index in [2.05, 4.69) is 5.32 Å². The minimum Gasteiger partial charge on any atom is -0.380 e. The fourth-order valence-electron chi connectivity index (χ4n) is 3.81. The van der Waals surface area contributed by atoms with Gasteiger partial charge in [-0.25, -0.2) is 4.39 Å². The topological polar surface area (TPSA) is 58.6 Å². The zero-order chi connectivity index (χ0) is 21.1. The summed E-state index contributed by atoms with van der Waals surface area (Å²) in [6.45, 7) is 1.20. The standard InChI is InChI=1S/C23H23FN2O3S/c1-29-14-17-21-18(24)8-5-9-19(21)30-22(17)23(28)25-13-15-6-4-7-16(12-15)26-11-3-2-10-20(26)27/h4-9,12H,2-3,10-11,13-14H2,1H3,(H,25,28). The molecule has 5 nitrogen and oxygen atoms in total. The molecule has 3 aromatic rings. The quantitative estimate of drug-likeness (QED) is 0.625. The summed E-state index contributed by atoms with van der Waals surface area (Å²) in [7, 11) is 1.53. The van der Waals surface area contributed by atoms with Crippen LogP contribution in [0.25, 0.3) is 10.1 Å². The fraction of sp³-hybridized carbons (Fsp3) is 0.304. The van der Waals surface area contributed by atoms with Crippen molar-refractivity contribution in [1.82, 2.24) is 5.32 Å². The molecule has 0 spiro atoms. The lowest BCUT2D eigenvalue weighted by atomic mass is 10.1. The van der Waals surface area contributed by atoms with Crippen molar-refractivity contribution in [3.05, 3.63) is 64.3 Å². The van der Waals surface area contributed by atoms with Crippen molar-refractivity contribution in [1.29, 1.82) is 0 Å². The van der Waals surface area contributed by atoms with Gasteiger partial charge in [-0.15, -0.1) is 11.3 Å². The van der Waals surface area contributed by atoms with Gasteiger partial charge in [-0.05, 0) is 42.7 Å². The number of nitrogens with zero attached hydrogens (tertiary/aromatic N) is 1. The molecule has 0 unspecified atom stereocenters. The number of amides is 2. The fourth-order valence-corrected chi connectivity index (χ4v) is 4.95. The average molecular weight is 427 g/mol. The molecule has 0 saturated carbocycles. The molecule has 1 N–H and O–H groups in total. The summed E-state index contributed by atoms with van der Waals surface area (Å²) < 4.78 is 20.3. The first-order chi connectivity index (χ1) is 14.6. The molecule has 1 aromatic heterocycles. The van der Waals surface area contributed by atoms with Gasteiger partial charge < -0.3 is 15.0 Å². The van der Waals surface area contributed by atoms with Gasteiger partial charge in [0.25, 0.3) is 5.91 Å². The van der Waals surface area contributed by atoms with Crippen LogP contribution in [-0.2, 0) is 22.7 Å². The van der Waals surface area contributed by atoms with Crippen molar-refractivity contribution < 1.29 is 18.7 Å². The third-order valence-corrected chi connectivity index (χ3v) is 6.45. The lowest BCUT2D eigenvalue weighted by molar-refractivity contribution is -0.119. The Morgan fingerprint density at radius 1 is 1.23 bits per heavy atom. The Kier molecular flexibility index (Phi) is 6.11. The summed E-state index contributed by atoms with van der Waals surface area (Å²) in [6.07, 6.45) is 2.51. The van der Waals surface area contributed by atoms with Crippen molar-refractivity contribution in [3.63, 3.8) is 0 Å². The number of hydrogen-bond donors (Lipinski definition) is 1. The number of benzene rings is 2. The third-order valence-electron chi connectivity index (χ3n) is 5.26. The molecule has 1 fully saturated rings. The summed E-state index contributed by atoms with van der Waals surface area (Å²) in [4.78, 5) is 27.3. The van der Waals surface area contributed by atoms with Crippen LogP contribution in [0, 0.1) is 5.82 Å². The van der Waals surface area contributed by atoms with E-state index in [-0.39, 0.29) is 24.2 Å². The number of ether oxygens (including phenoxy) is 1. The first-order valence-electron chi connectivity index (χ1n) is 9.95. The zero-order valence-corrected chi connectivity index (χ0v) is 17.6. The van der Waals surface area contributed by atoms with Crippen molar-refractivity contribution >= 4 is 38.9 Å². The Bertz CT molecular complexity index is 1100. The number of halogens is 1. The number of rotatable bonds is 6. The average Bonchev–Trinajstić information content (AvgIpc) is 3.13. The Morgan fingerprint density at radius 3 is 2.87 bits per heavy atom. The largest absolute Gasteiger partial charge is 0.380 e. The normalized spacial score (nSPS) is 14.3. The van der Waals surface area contributed by atoms with Gasteiger partial charge in [-0.3, -0.25) is 9.59 Å². The van der Waals surface area contributed by atoms with Gasteiger partial charge >= 0.3 is 0 Å². The molecular formula is C23H23FN2O3S. The van der Waals surface area contributed by atoms with E-state index in [0.29, 0.717) is 28.8 Å². The summed E-state index contributed by atoms with van der Waals surface area (Å²) in [6, 6.07) is 12.5. The Hall–Kier alpha value is -2.77. The van der Waals surface area contributed by atoms with Crippen LogP contribution in [-0.4, -0.2) is 25.5 Å². The van der Waals surface area contributed by atoms with Crippen LogP contribution in [0.5, 0.6) is 0 Å². The zero-order valence-electron chi connectivity index (χ0n) is 16.7. The number of anilines is 1. The Balaban J connectivity index is 1.53. The molecule has 0 atom stereocenters. The Morgan fingerprint density at radius 2 is 2.07 bits per heavy atom. The second-order valence-corrected chi connectivity index (χ2v) is 8.36. The molecule has 0 radical (unpaired) electrons. The highest BCUT2D eigenvalue weighted by Gasteiger charge is 2.22. The number of carbonyl (C=O) groups excluding carboxylic acids is 2. The maximum atomic E-state index is 14.3. The first-order valence-corrected chi connectivity index (χ1v) is 10.8. The van der Waals surface area contributed by atoms with E-state index in [9.17, 15) is 14.0 Å². The summed E-state index contributed by atoms with van der Waals surface area (Å²) in [5, 5.41) is 3.37. The molecule has 0 bridgehead atoms. The van der Waals surface area contributed by atoms with E-state index in [4.69, 9.17) is 4.74 Å². The lowest BCUT2D eigenvalue weighted by Gasteiger charge is -2.27. The molecule has 1 saturated heterocycles. The van der Waals surface area contributed by atoms with Gasteiger partial charge in [0.1, 0.15) is 5.82 Å². The second-order valence-electron chi connectivity index (χ2n) is 7.31. The predicted molar refractivity (Wildman–Crippen MR) is 116 cm³/mol. The van der Waals surface area contributed by atoms with E-state index in [1.54, 1.807) is 17.0 Å². The van der Waals surface area contributed by atoms with E-state index < -0.39 is 0 Å². The van der Waals surface area contributed by atoms with Crippen molar-refractivity contribution in [2.24, 2.45) is 0 Å². The van der Waals surface area contributed by atoms with Gasteiger partial charge in [-0.2, -0.15) is 0 Å². The molecule has 2 amide bonds. The van der Waals surface area contributed by atoms with E-state index in [1.807, 2.05) is 24.3 Å². The molecule has 156 valence electrons. The van der Waals surface area contributed by atoms with Crippen LogP contribution in [0.1, 0.15) is 40.1 Å². The maximum absolute atomic E-state index is 14.3. The van der Waals surface area contributed by atoms with Gasteiger partial charge in [-0.1, -0.05) is 18.2 Å². The smallest absolute Gasteiger partial charge is 0.262 e. The van der Waals surface area contributed by atoms with Crippen LogP contribution < -0.4 is 10.2 Å². The molecule has 2 heterocycles. The van der Waals surface area contributed by atoms with Gasteiger partial charge in [0.15, 0.2) is 0 Å². The van der Waals surface area contributed by atoms with Crippen LogP contribution in [0.3, 0.4) is 0 Å². The summed E-state index contributed by atoms with van der Waals surface area (Å²) in [5.41, 5.74) is 2.33. The highest BCUT2D eigenvalue weighted by Crippen LogP contribution is 2.34. The van der Waals surface area contributed by atoms with Crippen LogP contribution in [0.15, 0.2) is 42.5 Å². The molecule has 2 aromatic carbocycles. The molecule has 4 rings (SSSR count). The van der Waals surface area contributed by atoms with E-state index in [1.165, 1.54) is 24.5 Å². The summed E-state index contributed by atoms with van der Waals surface area (Å²) >= 11 is 1.26. The minimum absolute atomic E-state index is 0.138.